The van der Waals surface area contributed by atoms with Gasteiger partial charge in [-0.2, -0.15) is 8.78 Å². The van der Waals surface area contributed by atoms with Crippen LogP contribution in [0.25, 0.3) is 0 Å². The maximum absolute atomic E-state index is 13.1. The number of aryl methyl sites for hydroxylation is 2. The molecule has 0 spiro atoms. The smallest absolute Gasteiger partial charge is 0.387 e. The number of halogens is 2. The molecular formula is C19H25F2N3O2S. The minimum Gasteiger partial charge on any atom is -0.434 e. The number of hydrogen-bond acceptors (Lipinski definition) is 3. The van der Waals surface area contributed by atoms with E-state index in [1.807, 2.05) is 20.8 Å². The Kier molecular flexibility index (Phi) is 6.75. The molecule has 0 aromatic heterocycles. The van der Waals surface area contributed by atoms with Crippen molar-refractivity contribution in [2.24, 2.45) is 0 Å². The number of nitrogens with one attached hydrogen (secondary N) is 2. The molecule has 1 aromatic carbocycles. The predicted molar refractivity (Wildman–Crippen MR) is 105 cm³/mol. The molecule has 0 bridgehead atoms. The fraction of sp³-hybridized carbons (Fsp3) is 0.474. The molecule has 1 aliphatic rings. The van der Waals surface area contributed by atoms with Crippen LogP contribution >= 0.6 is 12.2 Å². The molecule has 2 rings (SSSR count). The lowest BCUT2D eigenvalue weighted by atomic mass is 9.92. The van der Waals surface area contributed by atoms with Crippen LogP contribution in [0, 0.1) is 13.8 Å². The molecule has 0 saturated carbocycles. The van der Waals surface area contributed by atoms with E-state index in [9.17, 15) is 13.6 Å². The van der Waals surface area contributed by atoms with Crippen molar-refractivity contribution in [3.05, 3.63) is 40.1 Å². The molecular weight excluding hydrogens is 372 g/mol. The van der Waals surface area contributed by atoms with Crippen molar-refractivity contribution in [2.45, 2.75) is 47.3 Å². The van der Waals surface area contributed by atoms with Gasteiger partial charge in [0.25, 0.3) is 5.91 Å². The summed E-state index contributed by atoms with van der Waals surface area (Å²) >= 11 is 5.27. The molecule has 148 valence electrons. The van der Waals surface area contributed by atoms with Gasteiger partial charge < -0.3 is 20.3 Å². The number of allylic oxidation sites excluding steroid dienone is 1. The van der Waals surface area contributed by atoms with Gasteiger partial charge in [-0.3, -0.25) is 4.79 Å². The van der Waals surface area contributed by atoms with Crippen LogP contribution in [0.1, 0.15) is 43.5 Å². The highest BCUT2D eigenvalue weighted by molar-refractivity contribution is 7.80. The van der Waals surface area contributed by atoms with Crippen molar-refractivity contribution in [1.29, 1.82) is 0 Å². The van der Waals surface area contributed by atoms with Crippen molar-refractivity contribution in [2.75, 3.05) is 13.1 Å². The minimum atomic E-state index is -2.89. The van der Waals surface area contributed by atoms with Crippen LogP contribution < -0.4 is 15.4 Å². The number of carbonyl (C=O) groups is 1. The van der Waals surface area contributed by atoms with Gasteiger partial charge in [0.2, 0.25) is 0 Å². The largest absolute Gasteiger partial charge is 0.434 e. The highest BCUT2D eigenvalue weighted by Crippen LogP contribution is 2.33. The number of carbonyl (C=O) groups excluding carboxylic acids is 1. The first-order valence-corrected chi connectivity index (χ1v) is 9.23. The Balaban J connectivity index is 2.52. The third-order valence-electron chi connectivity index (χ3n) is 4.57. The fourth-order valence-electron chi connectivity index (χ4n) is 3.33. The highest BCUT2D eigenvalue weighted by Gasteiger charge is 2.32. The Labute approximate surface area is 163 Å². The summed E-state index contributed by atoms with van der Waals surface area (Å²) in [6, 6.07) is 3.03. The van der Waals surface area contributed by atoms with Gasteiger partial charge in [0, 0.05) is 18.8 Å². The standard InChI is InChI=1S/C19H25F2N3O2S/c1-6-24(7-2)17(25)14-12(5)22-19(27)23-15(14)13-8-10(3)16(11(4)9-13)26-18(20)21/h8-9,15,18H,6-7H2,1-5H3,(H2,22,23,27)/t15-/m0/s1. The first-order chi connectivity index (χ1) is 12.7. The SMILES string of the molecule is CCN(CC)C(=O)C1=C(C)NC(=S)N[C@H]1c1cc(C)c(OC(F)F)c(C)c1. The first-order valence-electron chi connectivity index (χ1n) is 8.83. The maximum Gasteiger partial charge on any atom is 0.387 e. The molecule has 8 heteroatoms. The normalized spacial score (nSPS) is 16.9. The van der Waals surface area contributed by atoms with Gasteiger partial charge in [-0.25, -0.2) is 0 Å². The van der Waals surface area contributed by atoms with Crippen LogP contribution in [-0.4, -0.2) is 35.6 Å². The van der Waals surface area contributed by atoms with Crippen LogP contribution in [0.2, 0.25) is 0 Å². The van der Waals surface area contributed by atoms with Gasteiger partial charge in [0.05, 0.1) is 11.6 Å². The summed E-state index contributed by atoms with van der Waals surface area (Å²) in [7, 11) is 0. The zero-order valence-electron chi connectivity index (χ0n) is 16.2. The second-order valence-corrected chi connectivity index (χ2v) is 6.82. The summed E-state index contributed by atoms with van der Waals surface area (Å²) in [5.74, 6) is 0.0656. The number of nitrogens with zero attached hydrogens (tertiary/aromatic N) is 1. The second-order valence-electron chi connectivity index (χ2n) is 6.41. The van der Waals surface area contributed by atoms with E-state index >= 15 is 0 Å². The Morgan fingerprint density at radius 1 is 1.22 bits per heavy atom. The van der Waals surface area contributed by atoms with Crippen LogP contribution in [0.5, 0.6) is 5.75 Å². The summed E-state index contributed by atoms with van der Waals surface area (Å²) < 4.78 is 29.9. The number of thiocarbonyl (C=S) groups is 1. The number of ether oxygens (including phenoxy) is 1. The zero-order chi connectivity index (χ0) is 20.3. The van der Waals surface area contributed by atoms with E-state index in [4.69, 9.17) is 12.2 Å². The van der Waals surface area contributed by atoms with E-state index in [1.165, 1.54) is 0 Å². The van der Waals surface area contributed by atoms with Gasteiger partial charge in [-0.05, 0) is 75.7 Å². The van der Waals surface area contributed by atoms with Crippen LogP contribution in [0.3, 0.4) is 0 Å². The number of hydrogen-bond donors (Lipinski definition) is 2. The lowest BCUT2D eigenvalue weighted by Gasteiger charge is -2.33. The Morgan fingerprint density at radius 2 is 1.78 bits per heavy atom. The number of likely N-dealkylation sites (N-methyl/N-ethyl adjacent to an activating group) is 1. The summed E-state index contributed by atoms with van der Waals surface area (Å²) in [4.78, 5) is 14.8. The number of benzene rings is 1. The van der Waals surface area contributed by atoms with Crippen molar-refractivity contribution >= 4 is 23.2 Å². The molecule has 1 atom stereocenters. The molecule has 0 fully saturated rings. The summed E-state index contributed by atoms with van der Waals surface area (Å²) in [6.07, 6.45) is 0. The molecule has 0 aliphatic carbocycles. The van der Waals surface area contributed by atoms with Crippen molar-refractivity contribution < 1.29 is 18.3 Å². The lowest BCUT2D eigenvalue weighted by molar-refractivity contribution is -0.127. The summed E-state index contributed by atoms with van der Waals surface area (Å²) in [5.41, 5.74) is 3.16. The van der Waals surface area contributed by atoms with Gasteiger partial charge in [0.1, 0.15) is 5.75 Å². The van der Waals surface area contributed by atoms with E-state index in [0.29, 0.717) is 40.6 Å². The van der Waals surface area contributed by atoms with Crippen LogP contribution in [0.4, 0.5) is 8.78 Å². The number of rotatable bonds is 6. The quantitative estimate of drug-likeness (QED) is 0.719. The maximum atomic E-state index is 13.1. The third-order valence-corrected chi connectivity index (χ3v) is 4.79. The Hall–Kier alpha value is -2.22. The van der Waals surface area contributed by atoms with Crippen molar-refractivity contribution in [3.63, 3.8) is 0 Å². The zero-order valence-corrected chi connectivity index (χ0v) is 17.0. The topological polar surface area (TPSA) is 53.6 Å². The second kappa shape index (κ2) is 8.65. The Bertz CT molecular complexity index is 753. The molecule has 1 amide bonds. The molecule has 1 aromatic rings. The van der Waals surface area contributed by atoms with E-state index in [1.54, 1.807) is 30.9 Å². The third kappa shape index (κ3) is 4.55. The predicted octanol–water partition coefficient (Wildman–Crippen LogP) is 3.57. The fourth-order valence-corrected chi connectivity index (χ4v) is 3.60. The number of amides is 1. The van der Waals surface area contributed by atoms with E-state index in [2.05, 4.69) is 15.4 Å². The monoisotopic (exact) mass is 397 g/mol. The molecule has 27 heavy (non-hydrogen) atoms. The summed E-state index contributed by atoms with van der Waals surface area (Å²) in [5, 5.41) is 6.56. The van der Waals surface area contributed by atoms with E-state index in [0.717, 1.165) is 5.56 Å². The minimum absolute atomic E-state index is 0.0896. The molecule has 2 N–H and O–H groups in total. The van der Waals surface area contributed by atoms with Crippen molar-refractivity contribution in [3.8, 4) is 5.75 Å². The molecule has 5 nitrogen and oxygen atoms in total. The van der Waals surface area contributed by atoms with Crippen LogP contribution in [-0.2, 0) is 4.79 Å². The highest BCUT2D eigenvalue weighted by atomic mass is 32.1. The molecule has 0 unspecified atom stereocenters. The lowest BCUT2D eigenvalue weighted by Crippen LogP contribution is -2.47. The van der Waals surface area contributed by atoms with Gasteiger partial charge in [-0.15, -0.1) is 0 Å². The van der Waals surface area contributed by atoms with Crippen LogP contribution in [0.15, 0.2) is 23.4 Å². The van der Waals surface area contributed by atoms with Gasteiger partial charge in [-0.1, -0.05) is 0 Å². The van der Waals surface area contributed by atoms with Gasteiger partial charge >= 0.3 is 6.61 Å². The molecule has 0 radical (unpaired) electrons. The summed E-state index contributed by atoms with van der Waals surface area (Å²) in [6.45, 7) is 7.35. The number of alkyl halides is 2. The van der Waals surface area contributed by atoms with E-state index in [-0.39, 0.29) is 11.7 Å². The van der Waals surface area contributed by atoms with Crippen molar-refractivity contribution in [1.82, 2.24) is 15.5 Å². The molecule has 1 heterocycles. The Morgan fingerprint density at radius 3 is 2.26 bits per heavy atom. The molecule has 1 aliphatic heterocycles. The average molecular weight is 397 g/mol. The first kappa shape index (κ1) is 21.1. The van der Waals surface area contributed by atoms with Gasteiger partial charge in [0.15, 0.2) is 5.11 Å². The van der Waals surface area contributed by atoms with E-state index < -0.39 is 12.7 Å². The molecule has 0 saturated heterocycles. The average Bonchev–Trinajstić information content (AvgIpc) is 2.58.